The standard InChI is InChI=1S/C12H22N4O2S.HI/c1-3-5-14-12(13-4-2)15-6-7-16-8-10-19(17,18)11-9-16;/h1H,4-11H2,2H3,(H2,13,14,15);1H. The van der Waals surface area contributed by atoms with Crippen molar-refractivity contribution in [2.24, 2.45) is 4.99 Å². The highest BCUT2D eigenvalue weighted by Crippen LogP contribution is 2.02. The van der Waals surface area contributed by atoms with Crippen LogP contribution < -0.4 is 10.6 Å². The lowest BCUT2D eigenvalue weighted by Gasteiger charge is -2.25. The van der Waals surface area contributed by atoms with Crippen molar-refractivity contribution in [1.29, 1.82) is 0 Å². The van der Waals surface area contributed by atoms with Crippen LogP contribution in [0, 0.1) is 12.3 Å². The Morgan fingerprint density at radius 1 is 1.35 bits per heavy atom. The SMILES string of the molecule is C#CCNC(=NCCN1CCS(=O)(=O)CC1)NCC.I. The van der Waals surface area contributed by atoms with Crippen LogP contribution in [0.5, 0.6) is 0 Å². The first-order valence-corrected chi connectivity index (χ1v) is 8.28. The molecular weight excluding hydrogens is 391 g/mol. The van der Waals surface area contributed by atoms with Crippen molar-refractivity contribution in [3.63, 3.8) is 0 Å². The fraction of sp³-hybridized carbons (Fsp3) is 0.750. The van der Waals surface area contributed by atoms with E-state index in [9.17, 15) is 8.42 Å². The summed E-state index contributed by atoms with van der Waals surface area (Å²) in [5, 5.41) is 6.11. The second kappa shape index (κ2) is 10.2. The zero-order valence-corrected chi connectivity index (χ0v) is 14.9. The molecule has 0 radical (unpaired) electrons. The van der Waals surface area contributed by atoms with Gasteiger partial charge in [-0.25, -0.2) is 8.42 Å². The molecule has 1 rings (SSSR count). The molecule has 1 heterocycles. The van der Waals surface area contributed by atoms with E-state index in [1.54, 1.807) is 0 Å². The van der Waals surface area contributed by atoms with Crippen LogP contribution in [-0.4, -0.2) is 70.1 Å². The van der Waals surface area contributed by atoms with E-state index in [-0.39, 0.29) is 35.5 Å². The number of hydrogen-bond acceptors (Lipinski definition) is 4. The van der Waals surface area contributed by atoms with Gasteiger partial charge in [-0.15, -0.1) is 30.4 Å². The monoisotopic (exact) mass is 414 g/mol. The molecule has 1 saturated heterocycles. The Morgan fingerprint density at radius 3 is 2.55 bits per heavy atom. The van der Waals surface area contributed by atoms with Crippen LogP contribution in [0.4, 0.5) is 0 Å². The molecule has 0 atom stereocenters. The lowest BCUT2D eigenvalue weighted by Crippen LogP contribution is -2.42. The van der Waals surface area contributed by atoms with E-state index in [4.69, 9.17) is 6.42 Å². The number of halogens is 1. The molecule has 0 aromatic heterocycles. The average Bonchev–Trinajstić information content (AvgIpc) is 2.38. The van der Waals surface area contributed by atoms with Gasteiger partial charge in [0.15, 0.2) is 15.8 Å². The Hall–Kier alpha value is -0.530. The van der Waals surface area contributed by atoms with Gasteiger partial charge in [-0.1, -0.05) is 5.92 Å². The quantitative estimate of drug-likeness (QED) is 0.275. The number of aliphatic imine (C=N–C) groups is 1. The summed E-state index contributed by atoms with van der Waals surface area (Å²) in [6, 6.07) is 0. The van der Waals surface area contributed by atoms with E-state index < -0.39 is 9.84 Å². The summed E-state index contributed by atoms with van der Waals surface area (Å²) in [5.74, 6) is 3.71. The molecule has 116 valence electrons. The summed E-state index contributed by atoms with van der Waals surface area (Å²) >= 11 is 0. The molecule has 0 bridgehead atoms. The minimum atomic E-state index is -2.80. The topological polar surface area (TPSA) is 73.8 Å². The van der Waals surface area contributed by atoms with Gasteiger partial charge in [-0.05, 0) is 6.92 Å². The molecule has 0 unspecified atom stereocenters. The maximum absolute atomic E-state index is 11.3. The third-order valence-electron chi connectivity index (χ3n) is 2.83. The predicted octanol–water partition coefficient (Wildman–Crippen LogP) is -0.477. The fourth-order valence-electron chi connectivity index (χ4n) is 1.75. The van der Waals surface area contributed by atoms with Gasteiger partial charge in [0.05, 0.1) is 24.6 Å². The van der Waals surface area contributed by atoms with Crippen molar-refractivity contribution in [3.05, 3.63) is 0 Å². The summed E-state index contributed by atoms with van der Waals surface area (Å²) in [6.45, 7) is 5.80. The molecule has 0 aliphatic carbocycles. The van der Waals surface area contributed by atoms with Gasteiger partial charge in [-0.3, -0.25) is 9.89 Å². The number of rotatable bonds is 5. The molecule has 6 nitrogen and oxygen atoms in total. The van der Waals surface area contributed by atoms with Gasteiger partial charge >= 0.3 is 0 Å². The molecular formula is C12H23IN4O2S. The van der Waals surface area contributed by atoms with Gasteiger partial charge in [0.1, 0.15) is 0 Å². The molecule has 8 heteroatoms. The van der Waals surface area contributed by atoms with Crippen molar-refractivity contribution >= 4 is 39.8 Å². The van der Waals surface area contributed by atoms with Gasteiger partial charge in [0.2, 0.25) is 0 Å². The van der Waals surface area contributed by atoms with Crippen molar-refractivity contribution in [3.8, 4) is 12.3 Å². The fourth-order valence-corrected chi connectivity index (χ4v) is 3.03. The number of terminal acetylenes is 1. The Morgan fingerprint density at radius 2 is 2.00 bits per heavy atom. The highest BCUT2D eigenvalue weighted by Gasteiger charge is 2.20. The third-order valence-corrected chi connectivity index (χ3v) is 4.43. The first kappa shape index (κ1) is 19.5. The molecule has 0 amide bonds. The molecule has 0 saturated carbocycles. The normalized spacial score (nSPS) is 18.7. The second-order valence-corrected chi connectivity index (χ2v) is 6.62. The number of sulfone groups is 1. The summed E-state index contributed by atoms with van der Waals surface area (Å²) < 4.78 is 22.6. The number of nitrogens with one attached hydrogen (secondary N) is 2. The third kappa shape index (κ3) is 7.91. The Bertz CT molecular complexity index is 431. The molecule has 0 aromatic carbocycles. The number of nitrogens with zero attached hydrogens (tertiary/aromatic N) is 2. The highest BCUT2D eigenvalue weighted by atomic mass is 127. The Kier molecular flexibility index (Phi) is 9.96. The second-order valence-electron chi connectivity index (χ2n) is 4.31. The largest absolute Gasteiger partial charge is 0.357 e. The van der Waals surface area contributed by atoms with E-state index >= 15 is 0 Å². The van der Waals surface area contributed by atoms with Crippen molar-refractivity contribution in [2.75, 3.05) is 50.8 Å². The van der Waals surface area contributed by atoms with Crippen LogP contribution in [0.3, 0.4) is 0 Å². The maximum atomic E-state index is 11.3. The first-order chi connectivity index (χ1) is 9.07. The van der Waals surface area contributed by atoms with E-state index in [0.717, 1.165) is 13.1 Å². The van der Waals surface area contributed by atoms with Crippen molar-refractivity contribution < 1.29 is 8.42 Å². The predicted molar refractivity (Wildman–Crippen MR) is 93.3 cm³/mol. The molecule has 1 aliphatic rings. The summed E-state index contributed by atoms with van der Waals surface area (Å²) in [5.41, 5.74) is 0. The zero-order valence-electron chi connectivity index (χ0n) is 11.8. The number of guanidine groups is 1. The van der Waals surface area contributed by atoms with Gasteiger partial charge in [-0.2, -0.15) is 0 Å². The highest BCUT2D eigenvalue weighted by molar-refractivity contribution is 14.0. The van der Waals surface area contributed by atoms with Gasteiger partial charge in [0, 0.05) is 26.2 Å². The van der Waals surface area contributed by atoms with E-state index in [0.29, 0.717) is 32.1 Å². The van der Waals surface area contributed by atoms with Crippen LogP contribution in [0.15, 0.2) is 4.99 Å². The molecule has 0 spiro atoms. The van der Waals surface area contributed by atoms with Gasteiger partial charge in [0.25, 0.3) is 0 Å². The van der Waals surface area contributed by atoms with E-state index in [1.807, 2.05) is 6.92 Å². The summed E-state index contributed by atoms with van der Waals surface area (Å²) in [7, 11) is -2.80. The van der Waals surface area contributed by atoms with Crippen LogP contribution in [0.25, 0.3) is 0 Å². The molecule has 20 heavy (non-hydrogen) atoms. The molecule has 1 fully saturated rings. The molecule has 2 N–H and O–H groups in total. The minimum absolute atomic E-state index is 0. The minimum Gasteiger partial charge on any atom is -0.357 e. The zero-order chi connectivity index (χ0) is 14.1. The first-order valence-electron chi connectivity index (χ1n) is 6.46. The average molecular weight is 414 g/mol. The maximum Gasteiger partial charge on any atom is 0.192 e. The van der Waals surface area contributed by atoms with Gasteiger partial charge < -0.3 is 10.6 Å². The molecule has 1 aliphatic heterocycles. The van der Waals surface area contributed by atoms with Crippen LogP contribution in [0.1, 0.15) is 6.92 Å². The lowest BCUT2D eigenvalue weighted by atomic mass is 10.4. The lowest BCUT2D eigenvalue weighted by molar-refractivity contribution is 0.304. The van der Waals surface area contributed by atoms with Crippen LogP contribution in [-0.2, 0) is 9.84 Å². The van der Waals surface area contributed by atoms with Crippen molar-refractivity contribution in [1.82, 2.24) is 15.5 Å². The molecule has 0 aromatic rings. The van der Waals surface area contributed by atoms with Crippen LogP contribution in [0.2, 0.25) is 0 Å². The van der Waals surface area contributed by atoms with E-state index in [2.05, 4.69) is 26.4 Å². The summed E-state index contributed by atoms with van der Waals surface area (Å²) in [4.78, 5) is 6.51. The number of hydrogen-bond donors (Lipinski definition) is 2. The van der Waals surface area contributed by atoms with Crippen LogP contribution >= 0.6 is 24.0 Å². The summed E-state index contributed by atoms with van der Waals surface area (Å²) in [6.07, 6.45) is 5.18. The van der Waals surface area contributed by atoms with Crippen molar-refractivity contribution in [2.45, 2.75) is 6.92 Å². The van der Waals surface area contributed by atoms with E-state index in [1.165, 1.54) is 0 Å². The Labute approximate surface area is 138 Å². The Balaban J connectivity index is 0.00000361. The smallest absolute Gasteiger partial charge is 0.192 e.